The quantitative estimate of drug-likeness (QED) is 0.423. The molecule has 24 heavy (non-hydrogen) atoms. The van der Waals surface area contributed by atoms with Gasteiger partial charge >= 0.3 is 11.9 Å². The van der Waals surface area contributed by atoms with Gasteiger partial charge in [-0.1, -0.05) is 18.2 Å². The van der Waals surface area contributed by atoms with Crippen molar-refractivity contribution in [1.82, 2.24) is 0 Å². The fourth-order valence-electron chi connectivity index (χ4n) is 2.15. The molecule has 1 aliphatic heterocycles. The number of halogens is 1. The molecule has 0 N–H and O–H groups in total. The van der Waals surface area contributed by atoms with Crippen LogP contribution in [0.1, 0.15) is 21.5 Å². The molecule has 2 aromatic rings. The van der Waals surface area contributed by atoms with Crippen molar-refractivity contribution in [3.8, 4) is 0 Å². The highest BCUT2D eigenvalue weighted by molar-refractivity contribution is 14.1. The van der Waals surface area contributed by atoms with Crippen molar-refractivity contribution in [3.05, 3.63) is 74.5 Å². The molecule has 2 aromatic carbocycles. The van der Waals surface area contributed by atoms with E-state index < -0.39 is 11.9 Å². The van der Waals surface area contributed by atoms with Gasteiger partial charge in [0.15, 0.2) is 5.70 Å². The number of hydrogen-bond acceptors (Lipinski definition) is 5. The van der Waals surface area contributed by atoms with E-state index in [1.54, 1.807) is 30.3 Å². The number of aliphatic imine (C=N–C) groups is 1. The van der Waals surface area contributed by atoms with Crippen LogP contribution in [0.4, 0.5) is 0 Å². The maximum Gasteiger partial charge on any atom is 0.363 e. The third-order valence-corrected chi connectivity index (χ3v) is 4.00. The molecule has 0 amide bonds. The molecule has 0 saturated carbocycles. The number of methoxy groups -OCH3 is 1. The zero-order chi connectivity index (χ0) is 17.1. The molecule has 0 unspecified atom stereocenters. The number of esters is 2. The molecular weight excluding hydrogens is 421 g/mol. The Labute approximate surface area is 152 Å². The van der Waals surface area contributed by atoms with Crippen LogP contribution in [0.25, 0.3) is 6.08 Å². The Kier molecular flexibility index (Phi) is 4.75. The normalized spacial score (nSPS) is 15.2. The highest BCUT2D eigenvalue weighted by atomic mass is 127. The maximum absolute atomic E-state index is 12.0. The lowest BCUT2D eigenvalue weighted by molar-refractivity contribution is -0.129. The number of nitrogens with zero attached hydrogens (tertiary/aromatic N) is 1. The zero-order valence-corrected chi connectivity index (χ0v) is 14.8. The maximum atomic E-state index is 12.0. The SMILES string of the molecule is COC(=O)c1ccc(/C=C2\N=C(c3cccc(I)c3)OC2=O)cc1. The fraction of sp³-hybridized carbons (Fsp3) is 0.0556. The minimum absolute atomic E-state index is 0.217. The third-order valence-electron chi connectivity index (χ3n) is 3.33. The minimum atomic E-state index is -0.499. The molecule has 5 nitrogen and oxygen atoms in total. The second-order valence-corrected chi connectivity index (χ2v) is 6.21. The average molecular weight is 433 g/mol. The van der Waals surface area contributed by atoms with E-state index >= 15 is 0 Å². The largest absolute Gasteiger partial charge is 0.465 e. The third kappa shape index (κ3) is 3.53. The molecule has 3 rings (SSSR count). The first-order valence-corrected chi connectivity index (χ1v) is 8.11. The van der Waals surface area contributed by atoms with Gasteiger partial charge in [0.2, 0.25) is 5.90 Å². The molecule has 0 fully saturated rings. The molecule has 0 radical (unpaired) electrons. The minimum Gasteiger partial charge on any atom is -0.465 e. The molecule has 1 aliphatic rings. The number of rotatable bonds is 3. The summed E-state index contributed by atoms with van der Waals surface area (Å²) >= 11 is 2.18. The van der Waals surface area contributed by atoms with E-state index in [1.165, 1.54) is 7.11 Å². The second kappa shape index (κ2) is 6.96. The first-order chi connectivity index (χ1) is 11.6. The molecule has 0 bridgehead atoms. The first kappa shape index (κ1) is 16.4. The molecular formula is C18H12INO4. The molecule has 1 heterocycles. The first-order valence-electron chi connectivity index (χ1n) is 7.04. The van der Waals surface area contributed by atoms with Crippen molar-refractivity contribution in [3.63, 3.8) is 0 Å². The van der Waals surface area contributed by atoms with Crippen LogP contribution in [0.2, 0.25) is 0 Å². The Morgan fingerprint density at radius 3 is 2.62 bits per heavy atom. The lowest BCUT2D eigenvalue weighted by atomic mass is 10.1. The zero-order valence-electron chi connectivity index (χ0n) is 12.7. The topological polar surface area (TPSA) is 65.0 Å². The van der Waals surface area contributed by atoms with Crippen LogP contribution in [-0.2, 0) is 14.3 Å². The summed E-state index contributed by atoms with van der Waals surface area (Å²) in [5, 5.41) is 0. The predicted molar refractivity (Wildman–Crippen MR) is 97.5 cm³/mol. The van der Waals surface area contributed by atoms with Crippen LogP contribution in [0.3, 0.4) is 0 Å². The molecule has 120 valence electrons. The molecule has 0 saturated heterocycles. The van der Waals surface area contributed by atoms with Gasteiger partial charge in [-0.25, -0.2) is 14.6 Å². The molecule has 6 heteroatoms. The smallest absolute Gasteiger partial charge is 0.363 e. The van der Waals surface area contributed by atoms with E-state index in [4.69, 9.17) is 4.74 Å². The fourth-order valence-corrected chi connectivity index (χ4v) is 2.69. The summed E-state index contributed by atoms with van der Waals surface area (Å²) in [4.78, 5) is 27.7. The van der Waals surface area contributed by atoms with Crippen molar-refractivity contribution < 1.29 is 19.1 Å². The monoisotopic (exact) mass is 433 g/mol. The molecule has 0 aliphatic carbocycles. The van der Waals surface area contributed by atoms with Gasteiger partial charge in [-0.15, -0.1) is 0 Å². The van der Waals surface area contributed by atoms with E-state index in [9.17, 15) is 9.59 Å². The summed E-state index contributed by atoms with van der Waals surface area (Å²) < 4.78 is 10.9. The summed E-state index contributed by atoms with van der Waals surface area (Å²) in [6.07, 6.45) is 1.62. The van der Waals surface area contributed by atoms with Gasteiger partial charge in [-0.05, 0) is 64.6 Å². The number of cyclic esters (lactones) is 1. The van der Waals surface area contributed by atoms with Crippen LogP contribution in [0.15, 0.2) is 59.2 Å². The van der Waals surface area contributed by atoms with E-state index in [1.807, 2.05) is 24.3 Å². The Morgan fingerprint density at radius 1 is 1.21 bits per heavy atom. The number of ether oxygens (including phenoxy) is 2. The summed E-state index contributed by atoms with van der Waals surface area (Å²) in [6.45, 7) is 0. The van der Waals surface area contributed by atoms with Crippen LogP contribution >= 0.6 is 22.6 Å². The van der Waals surface area contributed by atoms with Gasteiger partial charge in [-0.2, -0.15) is 0 Å². The lowest BCUT2D eigenvalue weighted by Gasteiger charge is -1.99. The number of hydrogen-bond donors (Lipinski definition) is 0. The van der Waals surface area contributed by atoms with E-state index in [0.29, 0.717) is 5.56 Å². The highest BCUT2D eigenvalue weighted by Crippen LogP contribution is 2.20. The molecule has 0 spiro atoms. The van der Waals surface area contributed by atoms with Gasteiger partial charge in [-0.3, -0.25) is 0 Å². The summed E-state index contributed by atoms with van der Waals surface area (Å²) in [5.74, 6) is -0.620. The van der Waals surface area contributed by atoms with Crippen LogP contribution in [-0.4, -0.2) is 24.9 Å². The van der Waals surface area contributed by atoms with Crippen molar-refractivity contribution in [2.45, 2.75) is 0 Å². The Balaban J connectivity index is 1.87. The highest BCUT2D eigenvalue weighted by Gasteiger charge is 2.24. The summed E-state index contributed by atoms with van der Waals surface area (Å²) in [7, 11) is 1.33. The van der Waals surface area contributed by atoms with Crippen molar-refractivity contribution >= 4 is 46.5 Å². The summed E-state index contributed by atoms with van der Waals surface area (Å²) in [6, 6.07) is 14.2. The molecule has 0 aromatic heterocycles. The van der Waals surface area contributed by atoms with Crippen molar-refractivity contribution in [1.29, 1.82) is 0 Å². The van der Waals surface area contributed by atoms with Gasteiger partial charge in [0, 0.05) is 9.13 Å². The van der Waals surface area contributed by atoms with Crippen LogP contribution in [0, 0.1) is 3.57 Å². The molecule has 0 atom stereocenters. The van der Waals surface area contributed by atoms with E-state index in [2.05, 4.69) is 32.3 Å². The second-order valence-electron chi connectivity index (χ2n) is 4.96. The van der Waals surface area contributed by atoms with Gasteiger partial charge < -0.3 is 9.47 Å². The van der Waals surface area contributed by atoms with Gasteiger partial charge in [0.1, 0.15) is 0 Å². The van der Waals surface area contributed by atoms with Gasteiger partial charge in [0.05, 0.1) is 12.7 Å². The Bertz CT molecular complexity index is 869. The lowest BCUT2D eigenvalue weighted by Crippen LogP contribution is -2.05. The van der Waals surface area contributed by atoms with Gasteiger partial charge in [0.25, 0.3) is 0 Å². The van der Waals surface area contributed by atoms with Crippen LogP contribution < -0.4 is 0 Å². The van der Waals surface area contributed by atoms with Crippen LogP contribution in [0.5, 0.6) is 0 Å². The average Bonchev–Trinajstić information content (AvgIpc) is 2.96. The Morgan fingerprint density at radius 2 is 1.96 bits per heavy atom. The van der Waals surface area contributed by atoms with E-state index in [0.717, 1.165) is 14.7 Å². The van der Waals surface area contributed by atoms with E-state index in [-0.39, 0.29) is 11.6 Å². The summed E-state index contributed by atoms with van der Waals surface area (Å²) in [5.41, 5.74) is 2.15. The number of carbonyl (C=O) groups excluding carboxylic acids is 2. The predicted octanol–water partition coefficient (Wildman–Crippen LogP) is 3.42. The standard InChI is InChI=1S/C18H12INO4/c1-23-17(21)12-7-5-11(6-8-12)9-15-18(22)24-16(20-15)13-3-2-4-14(19)10-13/h2-10H,1H3/b15-9-. The number of carbonyl (C=O) groups is 2. The number of benzene rings is 2. The van der Waals surface area contributed by atoms with Crippen molar-refractivity contribution in [2.75, 3.05) is 7.11 Å². The van der Waals surface area contributed by atoms with Crippen molar-refractivity contribution in [2.24, 2.45) is 4.99 Å². The Hall–Kier alpha value is -2.48.